The van der Waals surface area contributed by atoms with Crippen LogP contribution in [0.25, 0.3) is 11.1 Å². The summed E-state index contributed by atoms with van der Waals surface area (Å²) in [6.07, 6.45) is 6.10. The summed E-state index contributed by atoms with van der Waals surface area (Å²) in [6, 6.07) is 8.15. The number of aryl methyl sites for hydroxylation is 1. The van der Waals surface area contributed by atoms with E-state index >= 15 is 0 Å². The molecule has 0 amide bonds. The van der Waals surface area contributed by atoms with Gasteiger partial charge in [-0.3, -0.25) is 4.68 Å². The van der Waals surface area contributed by atoms with Gasteiger partial charge in [-0.25, -0.2) is 0 Å². The van der Waals surface area contributed by atoms with E-state index in [1.807, 2.05) is 42.2 Å². The maximum absolute atomic E-state index is 9.25. The summed E-state index contributed by atoms with van der Waals surface area (Å²) in [5.41, 5.74) is 3.84. The average Bonchev–Trinajstić information content (AvgIpc) is 2.96. The molecule has 0 unspecified atom stereocenters. The molecule has 108 valence electrons. The first-order valence-corrected chi connectivity index (χ1v) is 7.37. The molecule has 2 aromatic rings. The molecule has 0 bridgehead atoms. The van der Waals surface area contributed by atoms with E-state index in [4.69, 9.17) is 4.74 Å². The van der Waals surface area contributed by atoms with Gasteiger partial charge < -0.3 is 4.74 Å². The fourth-order valence-corrected chi connectivity index (χ4v) is 2.79. The Bertz CT molecular complexity index is 663. The van der Waals surface area contributed by atoms with Gasteiger partial charge in [-0.05, 0) is 37.8 Å². The molecule has 0 saturated carbocycles. The molecule has 0 spiro atoms. The minimum Gasteiger partial charge on any atom is -0.381 e. The zero-order valence-electron chi connectivity index (χ0n) is 12.2. The Hall–Kier alpha value is -2.12. The van der Waals surface area contributed by atoms with Crippen molar-refractivity contribution in [2.45, 2.75) is 26.3 Å². The van der Waals surface area contributed by atoms with Crippen LogP contribution in [0.2, 0.25) is 0 Å². The number of nitrogens with zero attached hydrogens (tertiary/aromatic N) is 3. The van der Waals surface area contributed by atoms with Crippen molar-refractivity contribution >= 4 is 0 Å². The first-order valence-electron chi connectivity index (χ1n) is 7.37. The van der Waals surface area contributed by atoms with Gasteiger partial charge in [-0.15, -0.1) is 0 Å². The largest absolute Gasteiger partial charge is 0.381 e. The van der Waals surface area contributed by atoms with E-state index in [2.05, 4.69) is 11.2 Å². The standard InChI is InChI=1S/C17H19N3O/c1-13-2-3-15(9-18)17(8-13)16-10-19-20(12-16)11-14-4-6-21-7-5-14/h2-3,8,10,12,14H,4-7,11H2,1H3. The summed E-state index contributed by atoms with van der Waals surface area (Å²) in [7, 11) is 0. The number of benzene rings is 1. The third kappa shape index (κ3) is 3.14. The maximum Gasteiger partial charge on any atom is 0.0998 e. The Morgan fingerprint density at radius 2 is 2.19 bits per heavy atom. The molecular weight excluding hydrogens is 262 g/mol. The molecule has 4 nitrogen and oxygen atoms in total. The van der Waals surface area contributed by atoms with Crippen molar-refractivity contribution in [1.82, 2.24) is 9.78 Å². The summed E-state index contributed by atoms with van der Waals surface area (Å²) in [6.45, 7) is 4.68. The number of hydrogen-bond donors (Lipinski definition) is 0. The minimum atomic E-state index is 0.638. The van der Waals surface area contributed by atoms with Crippen LogP contribution < -0.4 is 0 Å². The molecule has 21 heavy (non-hydrogen) atoms. The highest BCUT2D eigenvalue weighted by Gasteiger charge is 2.15. The van der Waals surface area contributed by atoms with Crippen LogP contribution in [-0.4, -0.2) is 23.0 Å². The van der Waals surface area contributed by atoms with Crippen LogP contribution in [-0.2, 0) is 11.3 Å². The van der Waals surface area contributed by atoms with Gasteiger partial charge in [0.15, 0.2) is 0 Å². The van der Waals surface area contributed by atoms with Crippen LogP contribution in [0.4, 0.5) is 0 Å². The van der Waals surface area contributed by atoms with Crippen LogP contribution in [0.5, 0.6) is 0 Å². The fraction of sp³-hybridized carbons (Fsp3) is 0.412. The Kier molecular flexibility index (Phi) is 4.03. The quantitative estimate of drug-likeness (QED) is 0.868. The average molecular weight is 281 g/mol. The van der Waals surface area contributed by atoms with E-state index in [0.29, 0.717) is 11.5 Å². The molecule has 1 aromatic carbocycles. The monoisotopic (exact) mass is 281 g/mol. The molecule has 1 saturated heterocycles. The van der Waals surface area contributed by atoms with Gasteiger partial charge in [0, 0.05) is 37.1 Å². The maximum atomic E-state index is 9.25. The van der Waals surface area contributed by atoms with Crippen LogP contribution in [0.1, 0.15) is 24.0 Å². The van der Waals surface area contributed by atoms with Crippen LogP contribution in [0.3, 0.4) is 0 Å². The summed E-state index contributed by atoms with van der Waals surface area (Å²) in [5, 5.41) is 13.7. The second-order valence-corrected chi connectivity index (χ2v) is 5.67. The van der Waals surface area contributed by atoms with Gasteiger partial charge in [-0.2, -0.15) is 10.4 Å². The van der Waals surface area contributed by atoms with Gasteiger partial charge in [0.1, 0.15) is 0 Å². The lowest BCUT2D eigenvalue weighted by Crippen LogP contribution is -2.20. The second kappa shape index (κ2) is 6.11. The normalized spacial score (nSPS) is 15.8. The van der Waals surface area contributed by atoms with E-state index in [0.717, 1.165) is 49.3 Å². The summed E-state index contributed by atoms with van der Waals surface area (Å²) in [5.74, 6) is 0.638. The van der Waals surface area contributed by atoms with Gasteiger partial charge in [0.05, 0.1) is 17.8 Å². The third-order valence-corrected chi connectivity index (χ3v) is 4.03. The predicted octanol–water partition coefficient (Wildman–Crippen LogP) is 3.16. The van der Waals surface area contributed by atoms with Crippen molar-refractivity contribution < 1.29 is 4.74 Å². The van der Waals surface area contributed by atoms with E-state index in [-0.39, 0.29) is 0 Å². The Morgan fingerprint density at radius 3 is 2.95 bits per heavy atom. The molecule has 0 atom stereocenters. The zero-order chi connectivity index (χ0) is 14.7. The summed E-state index contributed by atoms with van der Waals surface area (Å²) >= 11 is 0. The third-order valence-electron chi connectivity index (χ3n) is 4.03. The van der Waals surface area contributed by atoms with Crippen molar-refractivity contribution in [3.63, 3.8) is 0 Å². The van der Waals surface area contributed by atoms with Crippen molar-refractivity contribution in [2.75, 3.05) is 13.2 Å². The summed E-state index contributed by atoms with van der Waals surface area (Å²) in [4.78, 5) is 0. The summed E-state index contributed by atoms with van der Waals surface area (Å²) < 4.78 is 7.38. The van der Waals surface area contributed by atoms with Crippen LogP contribution in [0.15, 0.2) is 30.6 Å². The van der Waals surface area contributed by atoms with Crippen molar-refractivity contribution in [3.05, 3.63) is 41.7 Å². The fourth-order valence-electron chi connectivity index (χ4n) is 2.79. The number of hydrogen-bond acceptors (Lipinski definition) is 3. The highest BCUT2D eigenvalue weighted by Crippen LogP contribution is 2.25. The van der Waals surface area contributed by atoms with Crippen molar-refractivity contribution in [1.29, 1.82) is 5.26 Å². The Morgan fingerprint density at radius 1 is 1.38 bits per heavy atom. The highest BCUT2D eigenvalue weighted by molar-refractivity contribution is 5.70. The van der Waals surface area contributed by atoms with E-state index in [1.54, 1.807) is 0 Å². The Balaban J connectivity index is 1.81. The Labute approximate surface area is 125 Å². The molecule has 1 fully saturated rings. The molecule has 0 radical (unpaired) electrons. The van der Waals surface area contributed by atoms with Gasteiger partial charge in [-0.1, -0.05) is 11.6 Å². The van der Waals surface area contributed by atoms with Crippen molar-refractivity contribution in [3.8, 4) is 17.2 Å². The number of ether oxygens (including phenoxy) is 1. The van der Waals surface area contributed by atoms with Crippen LogP contribution >= 0.6 is 0 Å². The molecule has 1 aliphatic heterocycles. The number of rotatable bonds is 3. The molecule has 4 heteroatoms. The molecule has 0 aliphatic carbocycles. The SMILES string of the molecule is Cc1ccc(C#N)c(-c2cnn(CC3CCOCC3)c2)c1. The van der Waals surface area contributed by atoms with Gasteiger partial charge in [0.2, 0.25) is 0 Å². The van der Waals surface area contributed by atoms with Crippen molar-refractivity contribution in [2.24, 2.45) is 5.92 Å². The first kappa shape index (κ1) is 13.8. The van der Waals surface area contributed by atoms with Gasteiger partial charge >= 0.3 is 0 Å². The predicted molar refractivity (Wildman–Crippen MR) is 80.7 cm³/mol. The molecule has 2 heterocycles. The first-order chi connectivity index (χ1) is 10.3. The lowest BCUT2D eigenvalue weighted by Gasteiger charge is -2.21. The van der Waals surface area contributed by atoms with E-state index in [1.165, 1.54) is 0 Å². The smallest absolute Gasteiger partial charge is 0.0998 e. The molecule has 1 aliphatic rings. The lowest BCUT2D eigenvalue weighted by atomic mass is 10.00. The second-order valence-electron chi connectivity index (χ2n) is 5.67. The number of nitriles is 1. The van der Waals surface area contributed by atoms with Gasteiger partial charge in [0.25, 0.3) is 0 Å². The van der Waals surface area contributed by atoms with E-state index < -0.39 is 0 Å². The highest BCUT2D eigenvalue weighted by atomic mass is 16.5. The topological polar surface area (TPSA) is 50.8 Å². The number of aromatic nitrogens is 2. The van der Waals surface area contributed by atoms with E-state index in [9.17, 15) is 5.26 Å². The molecule has 1 aromatic heterocycles. The molecule has 0 N–H and O–H groups in total. The lowest BCUT2D eigenvalue weighted by molar-refractivity contribution is 0.0601. The minimum absolute atomic E-state index is 0.638. The molecular formula is C17H19N3O. The molecule has 3 rings (SSSR count). The zero-order valence-corrected chi connectivity index (χ0v) is 12.2. The van der Waals surface area contributed by atoms with Crippen LogP contribution in [0, 0.1) is 24.2 Å².